The van der Waals surface area contributed by atoms with E-state index in [0.717, 1.165) is 16.5 Å². The summed E-state index contributed by atoms with van der Waals surface area (Å²) in [7, 11) is 0. The van der Waals surface area contributed by atoms with E-state index in [4.69, 9.17) is 0 Å². The van der Waals surface area contributed by atoms with Crippen molar-refractivity contribution < 1.29 is 0 Å². The summed E-state index contributed by atoms with van der Waals surface area (Å²) < 4.78 is 0. The number of rotatable bonds is 2. The molecule has 1 aliphatic carbocycles. The number of nitrogens with one attached hydrogen (secondary N) is 1. The molecule has 0 aliphatic heterocycles. The molecular formula is C15H21N3S. The highest BCUT2D eigenvalue weighted by atomic mass is 32.1. The number of aryl methyl sites for hydroxylation is 2. The number of fused-ring (bicyclic) bond motifs is 1. The van der Waals surface area contributed by atoms with Gasteiger partial charge in [-0.1, -0.05) is 25.7 Å². The van der Waals surface area contributed by atoms with Gasteiger partial charge >= 0.3 is 0 Å². The molecule has 3 rings (SSSR count). The van der Waals surface area contributed by atoms with Crippen LogP contribution in [0.15, 0.2) is 6.07 Å². The smallest absolute Gasteiger partial charge is 0.138 e. The maximum absolute atomic E-state index is 4.62. The average Bonchev–Trinajstić information content (AvgIpc) is 2.59. The summed E-state index contributed by atoms with van der Waals surface area (Å²) in [6, 6.07) is 2.79. The van der Waals surface area contributed by atoms with E-state index in [1.807, 2.05) is 6.92 Å². The first-order valence-corrected chi connectivity index (χ1v) is 8.05. The van der Waals surface area contributed by atoms with E-state index in [0.29, 0.717) is 6.04 Å². The zero-order valence-electron chi connectivity index (χ0n) is 11.7. The number of anilines is 1. The molecule has 1 aliphatic rings. The van der Waals surface area contributed by atoms with Crippen LogP contribution in [0.25, 0.3) is 10.2 Å². The van der Waals surface area contributed by atoms with Crippen molar-refractivity contribution in [3.8, 4) is 0 Å². The molecular weight excluding hydrogens is 254 g/mol. The first-order valence-electron chi connectivity index (χ1n) is 7.24. The molecule has 1 N–H and O–H groups in total. The van der Waals surface area contributed by atoms with Crippen LogP contribution in [-0.2, 0) is 0 Å². The normalized spacial score (nSPS) is 17.6. The second-order valence-corrected chi connectivity index (χ2v) is 6.76. The average molecular weight is 275 g/mol. The molecule has 2 heterocycles. The Morgan fingerprint density at radius 1 is 1.11 bits per heavy atom. The number of nitrogens with zero attached hydrogens (tertiary/aromatic N) is 2. The van der Waals surface area contributed by atoms with Gasteiger partial charge in [0.25, 0.3) is 0 Å². The molecule has 0 amide bonds. The summed E-state index contributed by atoms with van der Waals surface area (Å²) in [4.78, 5) is 11.6. The predicted molar refractivity (Wildman–Crippen MR) is 82.0 cm³/mol. The van der Waals surface area contributed by atoms with Crippen molar-refractivity contribution in [2.24, 2.45) is 0 Å². The standard InChI is InChI=1S/C15H21N3S/c1-10-9-13-14(16-11(2)17-15(13)19-10)18-12-7-5-3-4-6-8-12/h9,12H,3-8H2,1-2H3,(H,16,17,18). The largest absolute Gasteiger partial charge is 0.367 e. The van der Waals surface area contributed by atoms with E-state index in [1.165, 1.54) is 48.8 Å². The number of hydrogen-bond acceptors (Lipinski definition) is 4. The Morgan fingerprint density at radius 3 is 2.58 bits per heavy atom. The Morgan fingerprint density at radius 2 is 1.84 bits per heavy atom. The lowest BCUT2D eigenvalue weighted by atomic mass is 10.1. The van der Waals surface area contributed by atoms with E-state index in [1.54, 1.807) is 11.3 Å². The van der Waals surface area contributed by atoms with Crippen LogP contribution in [-0.4, -0.2) is 16.0 Å². The van der Waals surface area contributed by atoms with Crippen LogP contribution in [0.4, 0.5) is 5.82 Å². The molecule has 0 spiro atoms. The Bertz CT molecular complexity index is 568. The van der Waals surface area contributed by atoms with Crippen LogP contribution in [0.2, 0.25) is 0 Å². The Balaban J connectivity index is 1.90. The Hall–Kier alpha value is -1.16. The number of aromatic nitrogens is 2. The quantitative estimate of drug-likeness (QED) is 0.823. The molecule has 4 heteroatoms. The topological polar surface area (TPSA) is 37.8 Å². The molecule has 3 nitrogen and oxygen atoms in total. The van der Waals surface area contributed by atoms with Crippen LogP contribution in [0.3, 0.4) is 0 Å². The van der Waals surface area contributed by atoms with Gasteiger partial charge in [0.15, 0.2) is 0 Å². The minimum Gasteiger partial charge on any atom is -0.367 e. The van der Waals surface area contributed by atoms with Crippen molar-refractivity contribution in [2.45, 2.75) is 58.4 Å². The molecule has 19 heavy (non-hydrogen) atoms. The minimum atomic E-state index is 0.584. The predicted octanol–water partition coefficient (Wildman–Crippen LogP) is 4.44. The van der Waals surface area contributed by atoms with Gasteiger partial charge in [-0.05, 0) is 32.8 Å². The molecule has 102 valence electrons. The molecule has 0 aromatic carbocycles. The summed E-state index contributed by atoms with van der Waals surface area (Å²) in [5.74, 6) is 1.91. The van der Waals surface area contributed by atoms with Gasteiger partial charge in [0.1, 0.15) is 16.5 Å². The van der Waals surface area contributed by atoms with E-state index in [9.17, 15) is 0 Å². The van der Waals surface area contributed by atoms with E-state index in [-0.39, 0.29) is 0 Å². The molecule has 2 aromatic heterocycles. The van der Waals surface area contributed by atoms with Gasteiger partial charge in [-0.3, -0.25) is 0 Å². The van der Waals surface area contributed by atoms with Crippen LogP contribution < -0.4 is 5.32 Å². The van der Waals surface area contributed by atoms with Crippen molar-refractivity contribution in [1.29, 1.82) is 0 Å². The second-order valence-electron chi connectivity index (χ2n) is 5.53. The van der Waals surface area contributed by atoms with Crippen molar-refractivity contribution >= 4 is 27.4 Å². The molecule has 0 saturated heterocycles. The van der Waals surface area contributed by atoms with Gasteiger partial charge in [0.2, 0.25) is 0 Å². The third kappa shape index (κ3) is 2.89. The molecule has 1 saturated carbocycles. The van der Waals surface area contributed by atoms with Gasteiger partial charge in [0, 0.05) is 10.9 Å². The first-order chi connectivity index (χ1) is 9.22. The Labute approximate surface area is 118 Å². The maximum atomic E-state index is 4.62. The van der Waals surface area contributed by atoms with Crippen LogP contribution in [0.1, 0.15) is 49.2 Å². The zero-order chi connectivity index (χ0) is 13.2. The molecule has 0 unspecified atom stereocenters. The fourth-order valence-electron chi connectivity index (χ4n) is 2.88. The van der Waals surface area contributed by atoms with Gasteiger partial charge in [-0.15, -0.1) is 11.3 Å². The highest BCUT2D eigenvalue weighted by Gasteiger charge is 2.15. The van der Waals surface area contributed by atoms with Crippen molar-refractivity contribution in [3.05, 3.63) is 16.8 Å². The highest BCUT2D eigenvalue weighted by molar-refractivity contribution is 7.18. The third-order valence-corrected chi connectivity index (χ3v) is 4.77. The van der Waals surface area contributed by atoms with E-state index >= 15 is 0 Å². The van der Waals surface area contributed by atoms with Crippen molar-refractivity contribution in [2.75, 3.05) is 5.32 Å². The summed E-state index contributed by atoms with van der Waals surface area (Å²) in [5, 5.41) is 4.87. The lowest BCUT2D eigenvalue weighted by molar-refractivity contribution is 0.618. The third-order valence-electron chi connectivity index (χ3n) is 3.82. The van der Waals surface area contributed by atoms with Crippen LogP contribution in [0.5, 0.6) is 0 Å². The summed E-state index contributed by atoms with van der Waals surface area (Å²) in [6.07, 6.45) is 7.99. The zero-order valence-corrected chi connectivity index (χ0v) is 12.5. The van der Waals surface area contributed by atoms with Gasteiger partial charge in [0.05, 0.1) is 5.39 Å². The van der Waals surface area contributed by atoms with Gasteiger partial charge < -0.3 is 5.32 Å². The summed E-state index contributed by atoms with van der Waals surface area (Å²) in [5.41, 5.74) is 0. The second kappa shape index (κ2) is 5.45. The number of hydrogen-bond donors (Lipinski definition) is 1. The lowest BCUT2D eigenvalue weighted by Gasteiger charge is -2.17. The highest BCUT2D eigenvalue weighted by Crippen LogP contribution is 2.30. The Kier molecular flexibility index (Phi) is 3.69. The summed E-state index contributed by atoms with van der Waals surface area (Å²) in [6.45, 7) is 4.11. The van der Waals surface area contributed by atoms with E-state index in [2.05, 4.69) is 28.3 Å². The molecule has 2 aromatic rings. The molecule has 0 bridgehead atoms. The molecule has 0 atom stereocenters. The van der Waals surface area contributed by atoms with Crippen LogP contribution in [0, 0.1) is 13.8 Å². The molecule has 1 fully saturated rings. The monoisotopic (exact) mass is 275 g/mol. The van der Waals surface area contributed by atoms with Crippen LogP contribution >= 0.6 is 11.3 Å². The summed E-state index contributed by atoms with van der Waals surface area (Å²) >= 11 is 1.76. The van der Waals surface area contributed by atoms with Crippen molar-refractivity contribution in [3.63, 3.8) is 0 Å². The fraction of sp³-hybridized carbons (Fsp3) is 0.600. The lowest BCUT2D eigenvalue weighted by Crippen LogP contribution is -2.19. The van der Waals surface area contributed by atoms with E-state index < -0.39 is 0 Å². The SMILES string of the molecule is Cc1nc(NC2CCCCCC2)c2cc(C)sc2n1. The minimum absolute atomic E-state index is 0.584. The van der Waals surface area contributed by atoms with Gasteiger partial charge in [-0.25, -0.2) is 9.97 Å². The molecule has 0 radical (unpaired) electrons. The van der Waals surface area contributed by atoms with Crippen molar-refractivity contribution in [1.82, 2.24) is 9.97 Å². The fourth-order valence-corrected chi connectivity index (χ4v) is 3.80. The maximum Gasteiger partial charge on any atom is 0.138 e. The number of thiophene rings is 1. The first kappa shape index (κ1) is 12.9. The van der Waals surface area contributed by atoms with Gasteiger partial charge in [-0.2, -0.15) is 0 Å².